The van der Waals surface area contributed by atoms with Gasteiger partial charge in [-0.05, 0) is 42.8 Å². The highest BCUT2D eigenvalue weighted by Gasteiger charge is 2.32. The van der Waals surface area contributed by atoms with Crippen LogP contribution in [0.1, 0.15) is 22.8 Å². The number of carbonyl (C=O) groups is 1. The molecule has 3 aromatic rings. The van der Waals surface area contributed by atoms with Crippen molar-refractivity contribution in [2.75, 3.05) is 6.61 Å². The van der Waals surface area contributed by atoms with Gasteiger partial charge in [0.1, 0.15) is 5.44 Å². The summed E-state index contributed by atoms with van der Waals surface area (Å²) in [6, 6.07) is 27.2. The van der Waals surface area contributed by atoms with Gasteiger partial charge in [-0.1, -0.05) is 66.7 Å². The third kappa shape index (κ3) is 4.66. The molecule has 0 spiro atoms. The third-order valence-corrected chi connectivity index (χ3v) is 6.58. The molecular weight excluding hydrogens is 369 g/mol. The van der Waals surface area contributed by atoms with Crippen molar-refractivity contribution in [1.82, 2.24) is 5.32 Å². The van der Waals surface area contributed by atoms with Crippen molar-refractivity contribution in [2.45, 2.75) is 6.92 Å². The van der Waals surface area contributed by atoms with Crippen molar-refractivity contribution >= 4 is 24.7 Å². The van der Waals surface area contributed by atoms with Crippen LogP contribution in [0.15, 0.2) is 96.4 Å². The number of benzene rings is 3. The predicted molar refractivity (Wildman–Crippen MR) is 114 cm³/mol. The maximum Gasteiger partial charge on any atom is 0.277 e. The molecule has 5 heteroatoms. The summed E-state index contributed by atoms with van der Waals surface area (Å²) in [4.78, 5) is 12.8. The van der Waals surface area contributed by atoms with Crippen LogP contribution in [-0.4, -0.2) is 12.5 Å². The Labute approximate surface area is 165 Å². The average molecular weight is 391 g/mol. The highest BCUT2D eigenvalue weighted by atomic mass is 31.2. The topological polar surface area (TPSA) is 55.4 Å². The fourth-order valence-corrected chi connectivity index (χ4v) is 4.83. The molecule has 0 aliphatic rings. The van der Waals surface area contributed by atoms with Crippen molar-refractivity contribution < 1.29 is 13.9 Å². The molecule has 0 aliphatic heterocycles. The van der Waals surface area contributed by atoms with E-state index in [9.17, 15) is 9.36 Å². The molecule has 0 aliphatic carbocycles. The van der Waals surface area contributed by atoms with Gasteiger partial charge in [0, 0.05) is 10.9 Å². The lowest BCUT2D eigenvalue weighted by Gasteiger charge is -2.22. The second kappa shape index (κ2) is 9.32. The van der Waals surface area contributed by atoms with E-state index < -0.39 is 7.37 Å². The smallest absolute Gasteiger partial charge is 0.277 e. The molecule has 1 amide bonds. The maximum absolute atomic E-state index is 14.0. The van der Waals surface area contributed by atoms with Crippen molar-refractivity contribution in [3.8, 4) is 0 Å². The first-order valence-corrected chi connectivity index (χ1v) is 10.7. The summed E-state index contributed by atoms with van der Waals surface area (Å²) >= 11 is 0. The van der Waals surface area contributed by atoms with Gasteiger partial charge in [-0.3, -0.25) is 9.36 Å². The molecule has 3 rings (SSSR count). The van der Waals surface area contributed by atoms with Crippen LogP contribution in [0.2, 0.25) is 0 Å². The van der Waals surface area contributed by atoms with Crippen LogP contribution < -0.4 is 10.6 Å². The Morgan fingerprint density at radius 2 is 1.43 bits per heavy atom. The Balaban J connectivity index is 2.08. The van der Waals surface area contributed by atoms with E-state index in [1.807, 2.05) is 42.5 Å². The molecule has 0 heterocycles. The molecule has 3 aromatic carbocycles. The molecule has 28 heavy (non-hydrogen) atoms. The lowest BCUT2D eigenvalue weighted by molar-refractivity contribution is 0.0967. The van der Waals surface area contributed by atoms with Crippen LogP contribution >= 0.6 is 7.37 Å². The first kappa shape index (κ1) is 19.8. The standard InChI is InChI=1S/C23H22NO3P/c1-2-27-28(26,21-16-10-5-11-17-21)22(18-19-12-6-3-7-13-19)24-23(25)20-14-8-4-9-15-20/h3-18H,2H2,1H3,(H,24,25). The summed E-state index contributed by atoms with van der Waals surface area (Å²) in [6.07, 6.45) is 1.71. The molecule has 0 bridgehead atoms. The van der Waals surface area contributed by atoms with E-state index in [4.69, 9.17) is 4.52 Å². The number of carbonyl (C=O) groups excluding carboxylic acids is 1. The Bertz CT molecular complexity index is 986. The number of hydrogen-bond acceptors (Lipinski definition) is 3. The molecule has 142 valence electrons. The normalized spacial score (nSPS) is 13.5. The van der Waals surface area contributed by atoms with Crippen molar-refractivity contribution in [1.29, 1.82) is 0 Å². The van der Waals surface area contributed by atoms with Gasteiger partial charge in [0.25, 0.3) is 13.3 Å². The minimum Gasteiger partial charge on any atom is -0.321 e. The van der Waals surface area contributed by atoms with Crippen molar-refractivity contribution in [3.05, 3.63) is 108 Å². The lowest BCUT2D eigenvalue weighted by Crippen LogP contribution is -2.26. The molecule has 0 aromatic heterocycles. The summed E-state index contributed by atoms with van der Waals surface area (Å²) in [5, 5.41) is 3.37. The molecule has 1 atom stereocenters. The fourth-order valence-electron chi connectivity index (χ4n) is 2.77. The van der Waals surface area contributed by atoms with E-state index in [1.165, 1.54) is 0 Å². The maximum atomic E-state index is 14.0. The SMILES string of the molecule is CCOP(=O)(C(=Cc1ccccc1)NC(=O)c1ccccc1)c1ccccc1. The largest absolute Gasteiger partial charge is 0.321 e. The lowest BCUT2D eigenvalue weighted by atomic mass is 10.2. The van der Waals surface area contributed by atoms with Crippen LogP contribution in [-0.2, 0) is 9.09 Å². The number of nitrogens with one attached hydrogen (secondary N) is 1. The van der Waals surface area contributed by atoms with Gasteiger partial charge in [0.15, 0.2) is 0 Å². The molecule has 4 nitrogen and oxygen atoms in total. The van der Waals surface area contributed by atoms with Crippen LogP contribution in [0.4, 0.5) is 0 Å². The van der Waals surface area contributed by atoms with Crippen molar-refractivity contribution in [2.24, 2.45) is 0 Å². The van der Waals surface area contributed by atoms with Gasteiger partial charge in [-0.15, -0.1) is 0 Å². The molecule has 1 N–H and O–H groups in total. The highest BCUT2D eigenvalue weighted by molar-refractivity contribution is 7.71. The minimum atomic E-state index is -3.49. The van der Waals surface area contributed by atoms with Gasteiger partial charge >= 0.3 is 0 Å². The van der Waals surface area contributed by atoms with E-state index in [-0.39, 0.29) is 18.0 Å². The van der Waals surface area contributed by atoms with Crippen LogP contribution in [0, 0.1) is 0 Å². The molecule has 0 saturated heterocycles. The summed E-state index contributed by atoms with van der Waals surface area (Å²) in [5.74, 6) is -0.335. The second-order valence-corrected chi connectivity index (χ2v) is 8.42. The zero-order chi connectivity index (χ0) is 19.8. The van der Waals surface area contributed by atoms with E-state index in [2.05, 4.69) is 5.32 Å². The van der Waals surface area contributed by atoms with Crippen LogP contribution in [0.3, 0.4) is 0 Å². The molecule has 1 unspecified atom stereocenters. The molecular formula is C23H22NO3P. The van der Waals surface area contributed by atoms with Crippen LogP contribution in [0.5, 0.6) is 0 Å². The van der Waals surface area contributed by atoms with E-state index in [0.717, 1.165) is 5.56 Å². The first-order valence-electron chi connectivity index (χ1n) is 9.07. The summed E-state index contributed by atoms with van der Waals surface area (Å²) in [5.41, 5.74) is 1.56. The molecule has 0 radical (unpaired) electrons. The third-order valence-electron chi connectivity index (χ3n) is 4.10. The second-order valence-electron chi connectivity index (χ2n) is 6.07. The summed E-state index contributed by atoms with van der Waals surface area (Å²) < 4.78 is 19.7. The minimum absolute atomic E-state index is 0.250. The first-order chi connectivity index (χ1) is 13.6. The zero-order valence-corrected chi connectivity index (χ0v) is 16.5. The van der Waals surface area contributed by atoms with Gasteiger partial charge in [0.2, 0.25) is 0 Å². The van der Waals surface area contributed by atoms with Gasteiger partial charge in [-0.25, -0.2) is 0 Å². The van der Waals surface area contributed by atoms with Gasteiger partial charge in [-0.2, -0.15) is 0 Å². The Kier molecular flexibility index (Phi) is 6.59. The number of rotatable bonds is 7. The predicted octanol–water partition coefficient (Wildman–Crippen LogP) is 5.06. The van der Waals surface area contributed by atoms with Crippen LogP contribution in [0.25, 0.3) is 6.08 Å². The van der Waals surface area contributed by atoms with Gasteiger partial charge in [0.05, 0.1) is 6.61 Å². The monoisotopic (exact) mass is 391 g/mol. The van der Waals surface area contributed by atoms with E-state index in [1.54, 1.807) is 61.5 Å². The summed E-state index contributed by atoms with van der Waals surface area (Å²) in [6.45, 7) is 2.04. The zero-order valence-electron chi connectivity index (χ0n) is 15.6. The highest BCUT2D eigenvalue weighted by Crippen LogP contribution is 2.53. The Hall–Kier alpha value is -2.94. The van der Waals surface area contributed by atoms with E-state index >= 15 is 0 Å². The number of hydrogen-bond donors (Lipinski definition) is 1. The molecule has 0 saturated carbocycles. The molecule has 0 fully saturated rings. The Morgan fingerprint density at radius 1 is 0.893 bits per heavy atom. The average Bonchev–Trinajstić information content (AvgIpc) is 2.75. The van der Waals surface area contributed by atoms with Gasteiger partial charge < -0.3 is 9.84 Å². The van der Waals surface area contributed by atoms with E-state index in [0.29, 0.717) is 10.9 Å². The Morgan fingerprint density at radius 3 is 2.00 bits per heavy atom. The summed E-state index contributed by atoms with van der Waals surface area (Å²) in [7, 11) is -3.49. The van der Waals surface area contributed by atoms with Crippen molar-refractivity contribution in [3.63, 3.8) is 0 Å². The fraction of sp³-hybridized carbons (Fsp3) is 0.0870. The number of amides is 1. The quantitative estimate of drug-likeness (QED) is 0.573.